The molecule has 0 saturated heterocycles. The molecular weight excluding hydrogens is 446 g/mol. The Labute approximate surface area is 176 Å². The second-order valence-electron chi connectivity index (χ2n) is 6.12. The van der Waals surface area contributed by atoms with E-state index < -0.39 is 11.9 Å². The number of esters is 1. The van der Waals surface area contributed by atoms with Gasteiger partial charge in [-0.2, -0.15) is 0 Å². The van der Waals surface area contributed by atoms with Crippen LogP contribution in [0, 0.1) is 6.92 Å². The van der Waals surface area contributed by atoms with Crippen LogP contribution in [0.1, 0.15) is 12.0 Å². The number of ether oxygens (including phenoxy) is 3. The van der Waals surface area contributed by atoms with Gasteiger partial charge >= 0.3 is 5.97 Å². The molecule has 1 N–H and O–H groups in total. The van der Waals surface area contributed by atoms with Gasteiger partial charge in [-0.15, -0.1) is 11.8 Å². The van der Waals surface area contributed by atoms with Gasteiger partial charge in [-0.3, -0.25) is 9.59 Å². The Kier molecular flexibility index (Phi) is 7.22. The van der Waals surface area contributed by atoms with Crippen molar-refractivity contribution in [1.29, 1.82) is 0 Å². The van der Waals surface area contributed by atoms with E-state index in [0.29, 0.717) is 30.4 Å². The maximum Gasteiger partial charge on any atom is 0.316 e. The van der Waals surface area contributed by atoms with E-state index in [1.165, 1.54) is 11.8 Å². The molecule has 2 aromatic rings. The lowest BCUT2D eigenvalue weighted by atomic mass is 10.2. The van der Waals surface area contributed by atoms with Crippen LogP contribution in [-0.2, 0) is 14.3 Å². The summed E-state index contributed by atoms with van der Waals surface area (Å²) >= 11 is 4.79. The molecule has 148 valence electrons. The van der Waals surface area contributed by atoms with Crippen molar-refractivity contribution >= 4 is 45.3 Å². The molecule has 1 amide bonds. The minimum Gasteiger partial charge on any atom is -0.490 e. The molecule has 0 aromatic heterocycles. The van der Waals surface area contributed by atoms with Crippen LogP contribution in [0.15, 0.2) is 45.8 Å². The third-order valence-electron chi connectivity index (χ3n) is 3.88. The molecule has 3 rings (SSSR count). The Hall–Kier alpha value is -2.19. The van der Waals surface area contributed by atoms with Gasteiger partial charge in [0.05, 0.1) is 19.0 Å². The van der Waals surface area contributed by atoms with E-state index in [9.17, 15) is 9.59 Å². The first-order valence-electron chi connectivity index (χ1n) is 8.75. The summed E-state index contributed by atoms with van der Waals surface area (Å²) in [5.74, 6) is 0.532. The lowest BCUT2D eigenvalue weighted by Crippen LogP contribution is -2.21. The van der Waals surface area contributed by atoms with Gasteiger partial charge in [0.1, 0.15) is 0 Å². The zero-order valence-corrected chi connectivity index (χ0v) is 17.7. The predicted octanol–water partition coefficient (Wildman–Crippen LogP) is 4.19. The van der Waals surface area contributed by atoms with Crippen molar-refractivity contribution in [2.75, 3.05) is 30.9 Å². The number of fused-ring (bicyclic) bond motifs is 1. The Morgan fingerprint density at radius 1 is 1.14 bits per heavy atom. The van der Waals surface area contributed by atoms with E-state index in [2.05, 4.69) is 21.2 Å². The van der Waals surface area contributed by atoms with Crippen molar-refractivity contribution in [3.05, 3.63) is 46.4 Å². The van der Waals surface area contributed by atoms with Crippen molar-refractivity contribution in [3.63, 3.8) is 0 Å². The molecule has 1 aliphatic heterocycles. The molecule has 0 unspecified atom stereocenters. The zero-order valence-electron chi connectivity index (χ0n) is 15.3. The van der Waals surface area contributed by atoms with Crippen molar-refractivity contribution < 1.29 is 23.8 Å². The molecule has 0 saturated carbocycles. The third-order valence-corrected chi connectivity index (χ3v) is 5.52. The monoisotopic (exact) mass is 465 g/mol. The minimum atomic E-state index is -0.443. The highest BCUT2D eigenvalue weighted by atomic mass is 79.9. The maximum atomic E-state index is 12.0. The van der Waals surface area contributed by atoms with Crippen LogP contribution in [0.2, 0.25) is 0 Å². The molecule has 28 heavy (non-hydrogen) atoms. The molecule has 1 heterocycles. The number of anilines is 1. The highest BCUT2D eigenvalue weighted by molar-refractivity contribution is 9.10. The standard InChI is InChI=1S/C20H20BrNO5S/c1-13-9-14(21)3-6-18(13)28-12-20(24)27-11-19(23)22-15-4-5-16-17(10-15)26-8-2-7-25-16/h3-6,9-10H,2,7-8,11-12H2,1H3,(H,22,23). The Balaban J connectivity index is 1.45. The average Bonchev–Trinajstić information content (AvgIpc) is 2.90. The van der Waals surface area contributed by atoms with Gasteiger partial charge in [0, 0.05) is 27.5 Å². The number of carbonyl (C=O) groups excluding carboxylic acids is 2. The largest absolute Gasteiger partial charge is 0.490 e. The summed E-state index contributed by atoms with van der Waals surface area (Å²) in [6, 6.07) is 11.0. The van der Waals surface area contributed by atoms with E-state index in [1.54, 1.807) is 18.2 Å². The van der Waals surface area contributed by atoms with E-state index in [1.807, 2.05) is 25.1 Å². The smallest absolute Gasteiger partial charge is 0.316 e. The topological polar surface area (TPSA) is 73.9 Å². The number of hydrogen-bond acceptors (Lipinski definition) is 6. The number of aryl methyl sites for hydroxylation is 1. The van der Waals surface area contributed by atoms with Gasteiger partial charge < -0.3 is 19.5 Å². The van der Waals surface area contributed by atoms with Gasteiger partial charge in [-0.1, -0.05) is 15.9 Å². The summed E-state index contributed by atoms with van der Waals surface area (Å²) in [7, 11) is 0. The van der Waals surface area contributed by atoms with Crippen LogP contribution in [-0.4, -0.2) is 37.4 Å². The first-order chi connectivity index (χ1) is 13.5. The summed E-state index contributed by atoms with van der Waals surface area (Å²) in [4.78, 5) is 25.0. The second-order valence-corrected chi connectivity index (χ2v) is 8.05. The van der Waals surface area contributed by atoms with E-state index in [-0.39, 0.29) is 12.4 Å². The van der Waals surface area contributed by atoms with Gasteiger partial charge in [0.25, 0.3) is 5.91 Å². The average molecular weight is 466 g/mol. The molecule has 0 atom stereocenters. The summed E-state index contributed by atoms with van der Waals surface area (Å²) in [6.45, 7) is 2.80. The van der Waals surface area contributed by atoms with Crippen molar-refractivity contribution in [3.8, 4) is 11.5 Å². The first-order valence-corrected chi connectivity index (χ1v) is 10.5. The van der Waals surface area contributed by atoms with Crippen LogP contribution < -0.4 is 14.8 Å². The summed E-state index contributed by atoms with van der Waals surface area (Å²) in [5.41, 5.74) is 1.63. The number of thioether (sulfide) groups is 1. The number of amides is 1. The van der Waals surface area contributed by atoms with E-state index in [4.69, 9.17) is 14.2 Å². The summed E-state index contributed by atoms with van der Waals surface area (Å²) in [6.07, 6.45) is 0.810. The number of rotatable bonds is 6. The molecule has 0 radical (unpaired) electrons. The highest BCUT2D eigenvalue weighted by Crippen LogP contribution is 2.32. The van der Waals surface area contributed by atoms with Gasteiger partial charge in [0.15, 0.2) is 18.1 Å². The fourth-order valence-corrected chi connectivity index (χ4v) is 3.82. The highest BCUT2D eigenvalue weighted by Gasteiger charge is 2.13. The molecule has 1 aliphatic rings. The molecular formula is C20H20BrNO5S. The summed E-state index contributed by atoms with van der Waals surface area (Å²) in [5, 5.41) is 2.69. The fourth-order valence-electron chi connectivity index (χ4n) is 2.54. The predicted molar refractivity (Wildman–Crippen MR) is 111 cm³/mol. The lowest BCUT2D eigenvalue weighted by molar-refractivity contribution is -0.144. The lowest BCUT2D eigenvalue weighted by Gasteiger charge is -2.11. The van der Waals surface area contributed by atoms with Crippen LogP contribution in [0.5, 0.6) is 11.5 Å². The molecule has 2 aromatic carbocycles. The van der Waals surface area contributed by atoms with Crippen LogP contribution in [0.3, 0.4) is 0 Å². The molecule has 6 nitrogen and oxygen atoms in total. The normalized spacial score (nSPS) is 12.8. The number of carbonyl (C=O) groups is 2. The van der Waals surface area contributed by atoms with Crippen molar-refractivity contribution in [2.45, 2.75) is 18.2 Å². The third kappa shape index (κ3) is 5.90. The van der Waals surface area contributed by atoms with Crippen LogP contribution in [0.4, 0.5) is 5.69 Å². The maximum absolute atomic E-state index is 12.0. The minimum absolute atomic E-state index is 0.139. The Morgan fingerprint density at radius 2 is 1.93 bits per heavy atom. The summed E-state index contributed by atoms with van der Waals surface area (Å²) < 4.78 is 17.2. The number of nitrogens with one attached hydrogen (secondary N) is 1. The van der Waals surface area contributed by atoms with E-state index >= 15 is 0 Å². The second kappa shape index (κ2) is 9.84. The first kappa shape index (κ1) is 20.5. The quantitative estimate of drug-likeness (QED) is 0.509. The SMILES string of the molecule is Cc1cc(Br)ccc1SCC(=O)OCC(=O)Nc1ccc2c(c1)OCCCO2. The molecule has 0 fully saturated rings. The van der Waals surface area contributed by atoms with Crippen molar-refractivity contribution in [1.82, 2.24) is 0 Å². The zero-order chi connectivity index (χ0) is 19.9. The van der Waals surface area contributed by atoms with Crippen molar-refractivity contribution in [2.24, 2.45) is 0 Å². The fraction of sp³-hybridized carbons (Fsp3) is 0.300. The molecule has 0 aliphatic carbocycles. The van der Waals surface area contributed by atoms with Gasteiger partial charge in [-0.25, -0.2) is 0 Å². The Morgan fingerprint density at radius 3 is 2.71 bits per heavy atom. The van der Waals surface area contributed by atoms with Crippen LogP contribution >= 0.6 is 27.7 Å². The molecule has 0 bridgehead atoms. The molecule has 8 heteroatoms. The van der Waals surface area contributed by atoms with Gasteiger partial charge in [-0.05, 0) is 42.8 Å². The number of halogens is 1. The number of hydrogen-bond donors (Lipinski definition) is 1. The number of benzene rings is 2. The van der Waals surface area contributed by atoms with E-state index in [0.717, 1.165) is 21.4 Å². The van der Waals surface area contributed by atoms with Gasteiger partial charge in [0.2, 0.25) is 0 Å². The Bertz CT molecular complexity index is 874. The van der Waals surface area contributed by atoms with Crippen LogP contribution in [0.25, 0.3) is 0 Å². The molecule has 0 spiro atoms.